The van der Waals surface area contributed by atoms with Crippen LogP contribution in [0.3, 0.4) is 0 Å². The Morgan fingerprint density at radius 2 is 1.09 bits per heavy atom. The minimum absolute atomic E-state index is 0.195. The van der Waals surface area contributed by atoms with Crippen molar-refractivity contribution in [2.45, 2.75) is 0 Å². The van der Waals surface area contributed by atoms with Crippen molar-refractivity contribution in [3.8, 4) is 11.3 Å². The normalized spacial score (nSPS) is 11.3. The van der Waals surface area contributed by atoms with E-state index < -0.39 is 0 Å². The maximum Gasteiger partial charge on any atom is 0.213 e. The van der Waals surface area contributed by atoms with Crippen LogP contribution in [0.4, 0.5) is 0 Å². The molecule has 0 aliphatic rings. The fourth-order valence-corrected chi connectivity index (χ4v) is 3.86. The van der Waals surface area contributed by atoms with Crippen LogP contribution in [-0.2, 0) is 0 Å². The fourth-order valence-electron chi connectivity index (χ4n) is 3.86. The molecule has 168 valence electrons. The third kappa shape index (κ3) is 4.61. The van der Waals surface area contributed by atoms with Gasteiger partial charge in [-0.25, -0.2) is 4.68 Å². The average molecular weight is 456 g/mol. The summed E-state index contributed by atoms with van der Waals surface area (Å²) in [5.74, 6) is -0.428. The summed E-state index contributed by atoms with van der Waals surface area (Å²) in [5.41, 5.74) is 3.76. The van der Waals surface area contributed by atoms with Gasteiger partial charge in [-0.2, -0.15) is 0 Å². The van der Waals surface area contributed by atoms with E-state index in [1.54, 1.807) is 24.3 Å². The van der Waals surface area contributed by atoms with Gasteiger partial charge in [-0.1, -0.05) is 127 Å². The van der Waals surface area contributed by atoms with Crippen molar-refractivity contribution in [3.05, 3.63) is 150 Å². The topological polar surface area (TPSA) is 64.8 Å². The molecule has 0 bridgehead atoms. The fraction of sp³-hybridized carbons (Fsp3) is 0. The summed E-state index contributed by atoms with van der Waals surface area (Å²) in [6.45, 7) is 0. The van der Waals surface area contributed by atoms with Gasteiger partial charge < -0.3 is 0 Å². The minimum atomic E-state index is -0.233. The number of aromatic nitrogens is 3. The van der Waals surface area contributed by atoms with Crippen molar-refractivity contribution in [2.75, 3.05) is 0 Å². The Hall–Kier alpha value is -4.90. The van der Waals surface area contributed by atoms with Crippen LogP contribution in [0, 0.1) is 0 Å². The average Bonchev–Trinajstić information content (AvgIpc) is 3.38. The van der Waals surface area contributed by atoms with Crippen molar-refractivity contribution in [2.24, 2.45) is 0 Å². The molecule has 0 aliphatic heterocycles. The molecule has 0 saturated heterocycles. The van der Waals surface area contributed by atoms with Gasteiger partial charge in [0.05, 0.1) is 5.70 Å². The van der Waals surface area contributed by atoms with Gasteiger partial charge in [-0.3, -0.25) is 9.59 Å². The number of benzene rings is 4. The van der Waals surface area contributed by atoms with E-state index in [1.165, 1.54) is 10.8 Å². The summed E-state index contributed by atoms with van der Waals surface area (Å²) >= 11 is 0. The Balaban J connectivity index is 1.74. The third-order valence-corrected chi connectivity index (χ3v) is 5.59. The number of ketones is 2. The van der Waals surface area contributed by atoms with E-state index in [0.717, 1.165) is 11.1 Å². The highest BCUT2D eigenvalue weighted by atomic mass is 16.1. The van der Waals surface area contributed by atoms with E-state index in [9.17, 15) is 9.59 Å². The Bertz CT molecular complexity index is 1490. The zero-order chi connectivity index (χ0) is 24.0. The standard InChI is InChI=1S/C30H21N3O2/c34-27(23-15-7-2-8-16-23)21-26(22-13-5-1-6-14-22)33-29(30(35)25-19-11-4-12-20-25)28(31-32-33)24-17-9-3-10-18-24/h1-21H/b26-21+. The van der Waals surface area contributed by atoms with E-state index in [4.69, 9.17) is 0 Å². The summed E-state index contributed by atoms with van der Waals surface area (Å²) < 4.78 is 1.48. The first-order valence-electron chi connectivity index (χ1n) is 11.2. The third-order valence-electron chi connectivity index (χ3n) is 5.59. The van der Waals surface area contributed by atoms with Crippen LogP contribution >= 0.6 is 0 Å². The van der Waals surface area contributed by atoms with Crippen LogP contribution in [0.5, 0.6) is 0 Å². The van der Waals surface area contributed by atoms with Crippen LogP contribution in [0.1, 0.15) is 32.0 Å². The number of nitrogens with zero attached hydrogens (tertiary/aromatic N) is 3. The van der Waals surface area contributed by atoms with E-state index in [1.807, 2.05) is 97.1 Å². The smallest absolute Gasteiger partial charge is 0.213 e. The SMILES string of the molecule is O=C(/C=C(\c1ccccc1)n1nnc(-c2ccccc2)c1C(=O)c1ccccc1)c1ccccc1. The number of rotatable bonds is 7. The molecule has 5 heteroatoms. The molecule has 5 aromatic rings. The Kier molecular flexibility index (Phi) is 6.22. The van der Waals surface area contributed by atoms with Gasteiger partial charge in [-0.15, -0.1) is 5.10 Å². The molecule has 4 aromatic carbocycles. The van der Waals surface area contributed by atoms with Crippen LogP contribution in [0.25, 0.3) is 17.0 Å². The Labute approximate surface area is 203 Å². The van der Waals surface area contributed by atoms with Crippen LogP contribution < -0.4 is 0 Å². The maximum absolute atomic E-state index is 13.8. The molecule has 0 spiro atoms. The van der Waals surface area contributed by atoms with Crippen LogP contribution in [-0.4, -0.2) is 26.6 Å². The van der Waals surface area contributed by atoms with Gasteiger partial charge in [0.25, 0.3) is 0 Å². The molecule has 0 aliphatic carbocycles. The zero-order valence-electron chi connectivity index (χ0n) is 18.8. The first-order valence-corrected chi connectivity index (χ1v) is 11.2. The molecule has 0 fully saturated rings. The molecule has 0 unspecified atom stereocenters. The van der Waals surface area contributed by atoms with Gasteiger partial charge >= 0.3 is 0 Å². The molecule has 35 heavy (non-hydrogen) atoms. The lowest BCUT2D eigenvalue weighted by molar-refractivity contribution is 0.102. The highest BCUT2D eigenvalue weighted by molar-refractivity contribution is 6.13. The van der Waals surface area contributed by atoms with E-state index in [0.29, 0.717) is 28.2 Å². The molecule has 0 radical (unpaired) electrons. The predicted octanol–water partition coefficient (Wildman–Crippen LogP) is 5.95. The van der Waals surface area contributed by atoms with Crippen molar-refractivity contribution >= 4 is 17.3 Å². The van der Waals surface area contributed by atoms with E-state index >= 15 is 0 Å². The first kappa shape index (κ1) is 21.9. The Morgan fingerprint density at radius 3 is 1.66 bits per heavy atom. The number of carbonyl (C=O) groups excluding carboxylic acids is 2. The van der Waals surface area contributed by atoms with E-state index in [-0.39, 0.29) is 11.6 Å². The number of carbonyl (C=O) groups is 2. The summed E-state index contributed by atoms with van der Waals surface area (Å²) in [5, 5.41) is 8.79. The lowest BCUT2D eigenvalue weighted by Crippen LogP contribution is -2.14. The largest absolute Gasteiger partial charge is 0.289 e. The second-order valence-electron chi connectivity index (χ2n) is 7.89. The molecular formula is C30H21N3O2. The molecule has 0 saturated carbocycles. The molecular weight excluding hydrogens is 434 g/mol. The first-order chi connectivity index (χ1) is 17.2. The van der Waals surface area contributed by atoms with Crippen molar-refractivity contribution in [1.82, 2.24) is 15.0 Å². The molecule has 5 nitrogen and oxygen atoms in total. The number of hydrogen-bond acceptors (Lipinski definition) is 4. The maximum atomic E-state index is 13.8. The molecule has 0 N–H and O–H groups in total. The monoisotopic (exact) mass is 455 g/mol. The zero-order valence-corrected chi connectivity index (χ0v) is 18.8. The summed E-state index contributed by atoms with van der Waals surface area (Å²) in [4.78, 5) is 27.0. The van der Waals surface area contributed by atoms with Gasteiger partial charge in [-0.05, 0) is 0 Å². The van der Waals surface area contributed by atoms with Gasteiger partial charge in [0.1, 0.15) is 11.4 Å². The second-order valence-corrected chi connectivity index (χ2v) is 7.89. The summed E-state index contributed by atoms with van der Waals surface area (Å²) in [6.07, 6.45) is 1.51. The van der Waals surface area contributed by atoms with Crippen molar-refractivity contribution in [3.63, 3.8) is 0 Å². The summed E-state index contributed by atoms with van der Waals surface area (Å²) in [6, 6.07) is 36.9. The highest BCUT2D eigenvalue weighted by Crippen LogP contribution is 2.28. The number of hydrogen-bond donors (Lipinski definition) is 0. The van der Waals surface area contributed by atoms with Crippen molar-refractivity contribution < 1.29 is 9.59 Å². The van der Waals surface area contributed by atoms with Crippen LogP contribution in [0.15, 0.2) is 127 Å². The number of allylic oxidation sites excluding steroid dienone is 1. The lowest BCUT2D eigenvalue weighted by atomic mass is 10.0. The van der Waals surface area contributed by atoms with Gasteiger partial charge in [0.2, 0.25) is 5.78 Å². The molecule has 0 atom stereocenters. The Morgan fingerprint density at radius 1 is 0.600 bits per heavy atom. The summed E-state index contributed by atoms with van der Waals surface area (Å²) in [7, 11) is 0. The van der Waals surface area contributed by atoms with E-state index in [2.05, 4.69) is 10.3 Å². The van der Waals surface area contributed by atoms with Crippen molar-refractivity contribution in [1.29, 1.82) is 0 Å². The molecule has 1 aromatic heterocycles. The molecule has 5 rings (SSSR count). The van der Waals surface area contributed by atoms with Gasteiger partial charge in [0, 0.05) is 28.3 Å². The predicted molar refractivity (Wildman–Crippen MR) is 136 cm³/mol. The minimum Gasteiger partial charge on any atom is -0.289 e. The molecule has 0 amide bonds. The quantitative estimate of drug-likeness (QED) is 0.225. The van der Waals surface area contributed by atoms with Gasteiger partial charge in [0.15, 0.2) is 5.78 Å². The highest BCUT2D eigenvalue weighted by Gasteiger charge is 2.25. The second kappa shape index (κ2) is 9.93. The lowest BCUT2D eigenvalue weighted by Gasteiger charge is -2.12. The van der Waals surface area contributed by atoms with Crippen LogP contribution in [0.2, 0.25) is 0 Å². The molecule has 1 heterocycles.